The van der Waals surface area contributed by atoms with Gasteiger partial charge in [0.1, 0.15) is 18.5 Å². The minimum absolute atomic E-state index is 0.00267. The molecule has 0 radical (unpaired) electrons. The second-order valence-corrected chi connectivity index (χ2v) is 5.83. The first kappa shape index (κ1) is 18.9. The monoisotopic (exact) mass is 365 g/mol. The molecular weight excluding hydrogens is 346 g/mol. The fourth-order valence-corrected chi connectivity index (χ4v) is 2.02. The number of urea groups is 1. The van der Waals surface area contributed by atoms with Crippen LogP contribution in [0.3, 0.4) is 0 Å². The van der Waals surface area contributed by atoms with Gasteiger partial charge < -0.3 is 20.9 Å². The van der Waals surface area contributed by atoms with E-state index in [9.17, 15) is 9.90 Å². The summed E-state index contributed by atoms with van der Waals surface area (Å²) in [4.78, 5) is 20.2. The Hall–Kier alpha value is -2.42. The Balaban J connectivity index is 2.11. The number of amides is 2. The van der Waals surface area contributed by atoms with Crippen molar-refractivity contribution >= 4 is 29.1 Å². The number of benzene rings is 1. The molecule has 0 saturated heterocycles. The smallest absolute Gasteiger partial charge is 0.325 e. The van der Waals surface area contributed by atoms with E-state index in [0.717, 1.165) is 11.3 Å². The lowest BCUT2D eigenvalue weighted by Gasteiger charge is -2.16. The summed E-state index contributed by atoms with van der Waals surface area (Å²) in [5.41, 5.74) is 7.23. The van der Waals surface area contributed by atoms with Gasteiger partial charge in [0.2, 0.25) is 0 Å². The summed E-state index contributed by atoms with van der Waals surface area (Å²) in [5, 5.41) is 15.2. The minimum Gasteiger partial charge on any atom is -0.489 e. The highest BCUT2D eigenvalue weighted by Crippen LogP contribution is 2.31. The van der Waals surface area contributed by atoms with E-state index in [-0.39, 0.29) is 13.2 Å². The van der Waals surface area contributed by atoms with Gasteiger partial charge in [-0.15, -0.1) is 0 Å². The highest BCUT2D eigenvalue weighted by molar-refractivity contribution is 6.31. The van der Waals surface area contributed by atoms with Crippen molar-refractivity contribution in [1.82, 2.24) is 9.97 Å². The summed E-state index contributed by atoms with van der Waals surface area (Å²) in [6.07, 6.45) is 2.19. The third kappa shape index (κ3) is 5.56. The van der Waals surface area contributed by atoms with Crippen LogP contribution in [0.5, 0.6) is 5.75 Å². The van der Waals surface area contributed by atoms with Crippen molar-refractivity contribution in [2.24, 2.45) is 5.73 Å². The molecule has 134 valence electrons. The van der Waals surface area contributed by atoms with Crippen LogP contribution in [-0.4, -0.2) is 40.4 Å². The number of halogens is 1. The molecule has 0 aliphatic heterocycles. The maximum absolute atomic E-state index is 12.2. The average molecular weight is 366 g/mol. The summed E-state index contributed by atoms with van der Waals surface area (Å²) in [5.74, 6) is 0.682. The van der Waals surface area contributed by atoms with Crippen molar-refractivity contribution in [3.63, 3.8) is 0 Å². The third-order valence-corrected chi connectivity index (χ3v) is 3.64. The molecule has 8 nitrogen and oxygen atoms in total. The maximum Gasteiger partial charge on any atom is 0.325 e. The standard InChI is InChI=1S/C16H20ClN5O3/c1-9-3-14(25-8-11(23)5-18)13(4-12(9)17)21-16(24)22-15-7-19-10(2)6-20-15/h3-4,6-7,11,23H,5,8,18H2,1-2H3,(H2,20,21,22,24)/t11-/m1/s1. The SMILES string of the molecule is Cc1cnc(NC(=O)Nc2cc(Cl)c(C)cc2OC[C@H](O)CN)cn1. The van der Waals surface area contributed by atoms with Gasteiger partial charge in [0.25, 0.3) is 0 Å². The average Bonchev–Trinajstić information content (AvgIpc) is 2.58. The number of carbonyl (C=O) groups is 1. The van der Waals surface area contributed by atoms with Gasteiger partial charge in [0.05, 0.1) is 23.8 Å². The van der Waals surface area contributed by atoms with Crippen LogP contribution in [0.2, 0.25) is 5.02 Å². The van der Waals surface area contributed by atoms with Gasteiger partial charge in [-0.2, -0.15) is 0 Å². The van der Waals surface area contributed by atoms with Crippen LogP contribution in [0.25, 0.3) is 0 Å². The van der Waals surface area contributed by atoms with Gasteiger partial charge in [-0.05, 0) is 31.5 Å². The van der Waals surface area contributed by atoms with Crippen LogP contribution in [0, 0.1) is 13.8 Å². The molecule has 0 fully saturated rings. The number of aromatic nitrogens is 2. The van der Waals surface area contributed by atoms with E-state index in [1.807, 2.05) is 0 Å². The second-order valence-electron chi connectivity index (χ2n) is 5.42. The summed E-state index contributed by atoms with van der Waals surface area (Å²) in [6, 6.07) is 2.72. The molecule has 1 aromatic carbocycles. The number of carbonyl (C=O) groups excluding carboxylic acids is 1. The lowest BCUT2D eigenvalue weighted by atomic mass is 10.2. The lowest BCUT2D eigenvalue weighted by molar-refractivity contribution is 0.114. The molecule has 2 aromatic rings. The Labute approximate surface area is 150 Å². The molecule has 0 bridgehead atoms. The van der Waals surface area contributed by atoms with Gasteiger partial charge in [-0.1, -0.05) is 11.6 Å². The largest absolute Gasteiger partial charge is 0.489 e. The van der Waals surface area contributed by atoms with Gasteiger partial charge in [-0.25, -0.2) is 9.78 Å². The molecule has 1 heterocycles. The van der Waals surface area contributed by atoms with E-state index in [1.165, 1.54) is 6.20 Å². The van der Waals surface area contributed by atoms with E-state index in [2.05, 4.69) is 20.6 Å². The molecular formula is C16H20ClN5O3. The van der Waals surface area contributed by atoms with E-state index < -0.39 is 12.1 Å². The molecule has 0 aliphatic carbocycles. The Morgan fingerprint density at radius 2 is 2.08 bits per heavy atom. The van der Waals surface area contributed by atoms with Gasteiger partial charge in [0.15, 0.2) is 5.82 Å². The van der Waals surface area contributed by atoms with Crippen molar-refractivity contribution in [3.8, 4) is 5.75 Å². The first-order chi connectivity index (χ1) is 11.9. The van der Waals surface area contributed by atoms with Gasteiger partial charge >= 0.3 is 6.03 Å². The highest BCUT2D eigenvalue weighted by atomic mass is 35.5. The van der Waals surface area contributed by atoms with Crippen molar-refractivity contribution in [3.05, 3.63) is 40.8 Å². The van der Waals surface area contributed by atoms with Gasteiger partial charge in [0, 0.05) is 11.6 Å². The number of anilines is 2. The quantitative estimate of drug-likeness (QED) is 0.621. The molecule has 9 heteroatoms. The van der Waals surface area contributed by atoms with Crippen LogP contribution < -0.4 is 21.1 Å². The number of ether oxygens (including phenoxy) is 1. The first-order valence-corrected chi connectivity index (χ1v) is 7.94. The highest BCUT2D eigenvalue weighted by Gasteiger charge is 2.13. The minimum atomic E-state index is -0.805. The number of nitrogens with one attached hydrogen (secondary N) is 2. The van der Waals surface area contributed by atoms with E-state index in [1.54, 1.807) is 32.2 Å². The van der Waals surface area contributed by atoms with Crippen LogP contribution in [0.1, 0.15) is 11.3 Å². The van der Waals surface area contributed by atoms with Crippen molar-refractivity contribution in [1.29, 1.82) is 0 Å². The number of nitrogens with zero attached hydrogens (tertiary/aromatic N) is 2. The predicted octanol–water partition coefficient (Wildman–Crippen LogP) is 2.09. The number of nitrogens with two attached hydrogens (primary N) is 1. The number of hydrogen-bond donors (Lipinski definition) is 4. The Kier molecular flexibility index (Phi) is 6.51. The fourth-order valence-electron chi connectivity index (χ4n) is 1.85. The molecule has 1 atom stereocenters. The number of aliphatic hydroxyl groups is 1. The zero-order valence-corrected chi connectivity index (χ0v) is 14.7. The molecule has 0 aliphatic rings. The lowest BCUT2D eigenvalue weighted by Crippen LogP contribution is -2.27. The number of hydrogen-bond acceptors (Lipinski definition) is 6. The van der Waals surface area contributed by atoms with E-state index >= 15 is 0 Å². The van der Waals surface area contributed by atoms with Crippen LogP contribution in [-0.2, 0) is 0 Å². The summed E-state index contributed by atoms with van der Waals surface area (Å²) in [7, 11) is 0. The zero-order valence-electron chi connectivity index (χ0n) is 13.9. The maximum atomic E-state index is 12.2. The number of rotatable bonds is 6. The van der Waals surface area contributed by atoms with Crippen LogP contribution >= 0.6 is 11.6 Å². The van der Waals surface area contributed by atoms with Gasteiger partial charge in [-0.3, -0.25) is 10.3 Å². The first-order valence-electron chi connectivity index (χ1n) is 7.56. The predicted molar refractivity (Wildman–Crippen MR) is 96.2 cm³/mol. The van der Waals surface area contributed by atoms with E-state index in [4.69, 9.17) is 22.1 Å². The molecule has 2 rings (SSSR count). The molecule has 1 aromatic heterocycles. The summed E-state index contributed by atoms with van der Waals surface area (Å²) >= 11 is 6.12. The van der Waals surface area contributed by atoms with Crippen molar-refractivity contribution in [2.75, 3.05) is 23.8 Å². The van der Waals surface area contributed by atoms with E-state index in [0.29, 0.717) is 22.3 Å². The summed E-state index contributed by atoms with van der Waals surface area (Å²) in [6.45, 7) is 3.67. The molecule has 25 heavy (non-hydrogen) atoms. The number of aliphatic hydroxyl groups excluding tert-OH is 1. The molecule has 0 saturated carbocycles. The molecule has 0 unspecified atom stereocenters. The Morgan fingerprint density at radius 1 is 1.32 bits per heavy atom. The van der Waals surface area contributed by atoms with Crippen LogP contribution in [0.4, 0.5) is 16.3 Å². The second kappa shape index (κ2) is 8.61. The summed E-state index contributed by atoms with van der Waals surface area (Å²) < 4.78 is 5.53. The Bertz CT molecular complexity index is 739. The zero-order chi connectivity index (χ0) is 18.4. The van der Waals surface area contributed by atoms with Crippen LogP contribution in [0.15, 0.2) is 24.5 Å². The molecule has 2 amide bonds. The fraction of sp³-hybridized carbons (Fsp3) is 0.312. The topological polar surface area (TPSA) is 122 Å². The van der Waals surface area contributed by atoms with Crippen molar-refractivity contribution in [2.45, 2.75) is 20.0 Å². The van der Waals surface area contributed by atoms with Crippen molar-refractivity contribution < 1.29 is 14.6 Å². The normalized spacial score (nSPS) is 11.7. The third-order valence-electron chi connectivity index (χ3n) is 3.23. The molecule has 5 N–H and O–H groups in total. The molecule has 0 spiro atoms. The Morgan fingerprint density at radius 3 is 2.72 bits per heavy atom. The number of aryl methyl sites for hydroxylation is 2.